The van der Waals surface area contributed by atoms with Crippen LogP contribution >= 0.6 is 0 Å². The number of methoxy groups -OCH3 is 1. The van der Waals surface area contributed by atoms with Crippen LogP contribution in [0.25, 0.3) is 0 Å². The second kappa shape index (κ2) is 15.1. The van der Waals surface area contributed by atoms with Crippen LogP contribution in [0.4, 0.5) is 5.69 Å². The molecule has 2 amide bonds. The van der Waals surface area contributed by atoms with E-state index in [1.165, 1.54) is 13.3 Å². The minimum Gasteiger partial charge on any atom is -0.493 e. The van der Waals surface area contributed by atoms with Crippen molar-refractivity contribution < 1.29 is 28.5 Å². The quantitative estimate of drug-likeness (QED) is 0.147. The van der Waals surface area contributed by atoms with Gasteiger partial charge in [0.25, 0.3) is 11.8 Å². The molecule has 9 heteroatoms. The smallest absolute Gasteiger partial charge is 0.271 e. The summed E-state index contributed by atoms with van der Waals surface area (Å²) < 4.78 is 22.7. The van der Waals surface area contributed by atoms with Gasteiger partial charge in [-0.05, 0) is 79.9 Å². The second-order valence-electron chi connectivity index (χ2n) is 9.63. The highest BCUT2D eigenvalue weighted by atomic mass is 16.5. The van der Waals surface area contributed by atoms with Gasteiger partial charge >= 0.3 is 0 Å². The fourth-order valence-electron chi connectivity index (χ4n) is 4.17. The van der Waals surface area contributed by atoms with E-state index in [0.717, 1.165) is 22.4 Å². The summed E-state index contributed by atoms with van der Waals surface area (Å²) in [6.45, 7) is 6.41. The lowest BCUT2D eigenvalue weighted by Gasteiger charge is -2.13. The number of aryl methyl sites for hydroxylation is 2. The van der Waals surface area contributed by atoms with E-state index in [1.54, 1.807) is 36.4 Å². The minimum atomic E-state index is -0.409. The Balaban J connectivity index is 1.33. The van der Waals surface area contributed by atoms with Crippen molar-refractivity contribution in [1.29, 1.82) is 0 Å². The summed E-state index contributed by atoms with van der Waals surface area (Å²) in [5.41, 5.74) is 7.41. The predicted molar refractivity (Wildman–Crippen MR) is 166 cm³/mol. The van der Waals surface area contributed by atoms with Crippen LogP contribution in [-0.2, 0) is 11.4 Å². The molecule has 0 saturated carbocycles. The van der Waals surface area contributed by atoms with Gasteiger partial charge in [-0.2, -0.15) is 5.10 Å². The van der Waals surface area contributed by atoms with Gasteiger partial charge in [0.05, 0.1) is 19.9 Å². The topological polar surface area (TPSA) is 107 Å². The second-order valence-corrected chi connectivity index (χ2v) is 9.63. The Morgan fingerprint density at radius 3 is 2.33 bits per heavy atom. The number of carbonyl (C=O) groups is 2. The lowest BCUT2D eigenvalue weighted by Crippen LogP contribution is -2.20. The molecule has 0 unspecified atom stereocenters. The molecule has 0 aliphatic rings. The molecule has 4 rings (SSSR count). The number of amides is 2. The Bertz CT molecular complexity index is 1590. The van der Waals surface area contributed by atoms with E-state index < -0.39 is 5.91 Å². The van der Waals surface area contributed by atoms with Gasteiger partial charge in [0.2, 0.25) is 0 Å². The first kappa shape index (κ1) is 30.6. The number of nitrogens with one attached hydrogen (secondary N) is 2. The van der Waals surface area contributed by atoms with Crippen LogP contribution in [0.5, 0.6) is 23.0 Å². The average Bonchev–Trinajstić information content (AvgIpc) is 3.01. The van der Waals surface area contributed by atoms with Crippen LogP contribution in [0, 0.1) is 13.8 Å². The fourth-order valence-corrected chi connectivity index (χ4v) is 4.17. The van der Waals surface area contributed by atoms with E-state index in [9.17, 15) is 9.59 Å². The molecule has 2 N–H and O–H groups in total. The monoisotopic (exact) mass is 581 g/mol. The highest BCUT2D eigenvalue weighted by Gasteiger charge is 2.13. The predicted octanol–water partition coefficient (Wildman–Crippen LogP) is 6.07. The molecule has 0 fully saturated rings. The Morgan fingerprint density at radius 2 is 1.58 bits per heavy atom. The third kappa shape index (κ3) is 8.84. The zero-order valence-corrected chi connectivity index (χ0v) is 24.7. The largest absolute Gasteiger partial charge is 0.493 e. The summed E-state index contributed by atoms with van der Waals surface area (Å²) in [5.74, 6) is 1.14. The standard InChI is InChI=1S/C34H35N3O6/c1-5-41-32-19-27(13-16-30(32)42-21-25-9-7-6-8-10-25)34(39)37-35-20-26-12-15-29(31(18-26)40-4)43-22-33(38)36-28-14-11-23(2)17-24(28)3/h6-20H,5,21-22H2,1-4H3,(H,36,38)(H,37,39)/b35-20+. The summed E-state index contributed by atoms with van der Waals surface area (Å²) in [7, 11) is 1.50. The van der Waals surface area contributed by atoms with Crippen LogP contribution in [0.15, 0.2) is 90.0 Å². The van der Waals surface area contributed by atoms with Crippen molar-refractivity contribution >= 4 is 23.7 Å². The maximum Gasteiger partial charge on any atom is 0.271 e. The van der Waals surface area contributed by atoms with Gasteiger partial charge in [0.1, 0.15) is 6.61 Å². The molecule has 0 spiro atoms. The highest BCUT2D eigenvalue weighted by molar-refractivity contribution is 5.95. The summed E-state index contributed by atoms with van der Waals surface area (Å²) in [6, 6.07) is 25.7. The third-order valence-electron chi connectivity index (χ3n) is 6.33. The van der Waals surface area contributed by atoms with Crippen LogP contribution in [0.3, 0.4) is 0 Å². The van der Waals surface area contributed by atoms with Crippen LogP contribution in [-0.4, -0.2) is 38.4 Å². The summed E-state index contributed by atoms with van der Waals surface area (Å²) in [6.07, 6.45) is 1.48. The van der Waals surface area contributed by atoms with Crippen molar-refractivity contribution in [3.63, 3.8) is 0 Å². The molecule has 222 valence electrons. The van der Waals surface area contributed by atoms with Crippen molar-refractivity contribution in [2.75, 3.05) is 25.6 Å². The van der Waals surface area contributed by atoms with Gasteiger partial charge in [-0.15, -0.1) is 0 Å². The first-order valence-electron chi connectivity index (χ1n) is 13.8. The average molecular weight is 582 g/mol. The normalized spacial score (nSPS) is 10.7. The number of nitrogens with zero attached hydrogens (tertiary/aromatic N) is 1. The highest BCUT2D eigenvalue weighted by Crippen LogP contribution is 2.30. The van der Waals surface area contributed by atoms with Gasteiger partial charge in [-0.25, -0.2) is 5.43 Å². The SMILES string of the molecule is CCOc1cc(C(=O)N/N=C/c2ccc(OCC(=O)Nc3ccc(C)cc3C)c(OC)c2)ccc1OCc1ccccc1. The van der Waals surface area contributed by atoms with E-state index in [4.69, 9.17) is 18.9 Å². The number of hydrazone groups is 1. The van der Waals surface area contributed by atoms with Crippen LogP contribution < -0.4 is 29.7 Å². The first-order chi connectivity index (χ1) is 20.9. The first-order valence-corrected chi connectivity index (χ1v) is 13.8. The molecule has 0 bridgehead atoms. The molecule has 0 saturated heterocycles. The molecular formula is C34H35N3O6. The molecule has 0 aliphatic carbocycles. The van der Waals surface area contributed by atoms with E-state index in [2.05, 4.69) is 15.8 Å². The molecule has 0 atom stereocenters. The summed E-state index contributed by atoms with van der Waals surface area (Å²) >= 11 is 0. The van der Waals surface area contributed by atoms with Crippen LogP contribution in [0.1, 0.15) is 39.5 Å². The minimum absolute atomic E-state index is 0.188. The number of hydrogen-bond donors (Lipinski definition) is 2. The van der Waals surface area contributed by atoms with E-state index in [0.29, 0.717) is 47.3 Å². The number of hydrogen-bond acceptors (Lipinski definition) is 7. The zero-order chi connectivity index (χ0) is 30.6. The van der Waals surface area contributed by atoms with E-state index in [-0.39, 0.29) is 12.5 Å². The molecule has 43 heavy (non-hydrogen) atoms. The van der Waals surface area contributed by atoms with E-state index >= 15 is 0 Å². The van der Waals surface area contributed by atoms with E-state index in [1.807, 2.05) is 69.3 Å². The number of benzene rings is 4. The maximum atomic E-state index is 12.8. The number of anilines is 1. The molecule has 9 nitrogen and oxygen atoms in total. The van der Waals surface area contributed by atoms with Gasteiger partial charge in [0.15, 0.2) is 29.6 Å². The zero-order valence-electron chi connectivity index (χ0n) is 24.7. The molecule has 0 aromatic heterocycles. The number of rotatable bonds is 13. The lowest BCUT2D eigenvalue weighted by atomic mass is 10.1. The summed E-state index contributed by atoms with van der Waals surface area (Å²) in [5, 5.41) is 6.93. The lowest BCUT2D eigenvalue weighted by molar-refractivity contribution is -0.118. The van der Waals surface area contributed by atoms with Gasteiger partial charge < -0.3 is 24.3 Å². The molecule has 4 aromatic carbocycles. The molecule has 0 heterocycles. The number of ether oxygens (including phenoxy) is 4. The fraction of sp³-hybridized carbons (Fsp3) is 0.206. The Morgan fingerprint density at radius 1 is 0.814 bits per heavy atom. The Kier molecular flexibility index (Phi) is 10.7. The maximum absolute atomic E-state index is 12.8. The number of carbonyl (C=O) groups excluding carboxylic acids is 2. The van der Waals surface area contributed by atoms with Gasteiger partial charge in [-0.1, -0.05) is 48.0 Å². The Labute approximate surface area is 251 Å². The third-order valence-corrected chi connectivity index (χ3v) is 6.33. The van der Waals surface area contributed by atoms with Crippen molar-refractivity contribution in [3.05, 3.63) is 113 Å². The summed E-state index contributed by atoms with van der Waals surface area (Å²) in [4.78, 5) is 25.2. The molecule has 0 radical (unpaired) electrons. The Hall–Kier alpha value is -5.31. The van der Waals surface area contributed by atoms with Gasteiger partial charge in [-0.3, -0.25) is 9.59 Å². The molecule has 0 aliphatic heterocycles. The van der Waals surface area contributed by atoms with Crippen molar-refractivity contribution in [1.82, 2.24) is 5.43 Å². The molecule has 4 aromatic rings. The van der Waals surface area contributed by atoms with Crippen molar-refractivity contribution in [2.24, 2.45) is 5.10 Å². The van der Waals surface area contributed by atoms with Gasteiger partial charge in [0, 0.05) is 11.3 Å². The van der Waals surface area contributed by atoms with Crippen molar-refractivity contribution in [3.8, 4) is 23.0 Å². The van der Waals surface area contributed by atoms with Crippen molar-refractivity contribution in [2.45, 2.75) is 27.4 Å². The van der Waals surface area contributed by atoms with Crippen LogP contribution in [0.2, 0.25) is 0 Å². The molecular weight excluding hydrogens is 546 g/mol.